The van der Waals surface area contributed by atoms with Crippen molar-refractivity contribution in [3.63, 3.8) is 0 Å². The Morgan fingerprint density at radius 1 is 0.875 bits per heavy atom. The number of aromatic nitrogens is 4. The normalized spacial score (nSPS) is 13.0. The SMILES string of the molecule is O=C(Cc1cnc2ccccn12)OC(Cc1cnc2ccccn12)(P(=O)(O)O)P(=O)(O)O. The molecule has 0 spiro atoms. The summed E-state index contributed by atoms with van der Waals surface area (Å²) in [6.07, 6.45) is 4.18. The zero-order valence-electron chi connectivity index (χ0n) is 16.3. The Balaban J connectivity index is 1.73. The fraction of sp³-hybridized carbons (Fsp3) is 0.167. The monoisotopic (exact) mass is 480 g/mol. The fourth-order valence-corrected chi connectivity index (χ4v) is 5.90. The van der Waals surface area contributed by atoms with Crippen molar-refractivity contribution in [2.24, 2.45) is 0 Å². The van der Waals surface area contributed by atoms with Crippen LogP contribution in [0.1, 0.15) is 11.4 Å². The van der Waals surface area contributed by atoms with Gasteiger partial charge in [-0.2, -0.15) is 0 Å². The van der Waals surface area contributed by atoms with E-state index in [4.69, 9.17) is 4.74 Å². The number of carbonyl (C=O) groups excluding carboxylic acids is 1. The summed E-state index contributed by atoms with van der Waals surface area (Å²) in [4.78, 5) is 60.7. The average Bonchev–Trinajstić information content (AvgIpc) is 3.30. The average molecular weight is 480 g/mol. The van der Waals surface area contributed by atoms with Gasteiger partial charge in [0, 0.05) is 30.5 Å². The molecular formula is C18H18N4O8P2. The van der Waals surface area contributed by atoms with E-state index in [-0.39, 0.29) is 5.69 Å². The Bertz CT molecular complexity index is 1380. The first-order valence-electron chi connectivity index (χ1n) is 9.17. The first-order valence-corrected chi connectivity index (χ1v) is 12.4. The van der Waals surface area contributed by atoms with Gasteiger partial charge in [-0.25, -0.2) is 9.97 Å². The second-order valence-electron chi connectivity index (χ2n) is 7.02. The summed E-state index contributed by atoms with van der Waals surface area (Å²) in [5.41, 5.74) is 1.24. The van der Waals surface area contributed by atoms with E-state index in [0.717, 1.165) is 0 Å². The molecule has 4 aromatic rings. The molecule has 168 valence electrons. The summed E-state index contributed by atoms with van der Waals surface area (Å²) in [7, 11) is -11.4. The van der Waals surface area contributed by atoms with Crippen molar-refractivity contribution in [3.8, 4) is 0 Å². The zero-order valence-corrected chi connectivity index (χ0v) is 18.1. The van der Waals surface area contributed by atoms with E-state index < -0.39 is 39.1 Å². The van der Waals surface area contributed by atoms with Crippen LogP contribution in [0.5, 0.6) is 0 Å². The quantitative estimate of drug-likeness (QED) is 0.223. The number of pyridine rings is 2. The molecule has 4 rings (SSSR count). The molecule has 0 atom stereocenters. The Kier molecular flexibility index (Phi) is 5.54. The lowest BCUT2D eigenvalue weighted by atomic mass is 10.3. The summed E-state index contributed by atoms with van der Waals surface area (Å²) >= 11 is 0. The van der Waals surface area contributed by atoms with E-state index in [0.29, 0.717) is 17.0 Å². The number of hydrogen-bond donors (Lipinski definition) is 4. The lowest BCUT2D eigenvalue weighted by Crippen LogP contribution is -2.38. The summed E-state index contributed by atoms with van der Waals surface area (Å²) in [5, 5.41) is -3.43. The number of esters is 1. The highest BCUT2D eigenvalue weighted by Gasteiger charge is 2.64. The van der Waals surface area contributed by atoms with Gasteiger partial charge in [0.05, 0.1) is 18.5 Å². The van der Waals surface area contributed by atoms with Gasteiger partial charge < -0.3 is 33.1 Å². The molecule has 0 bridgehead atoms. The summed E-state index contributed by atoms with van der Waals surface area (Å²) in [6, 6.07) is 9.95. The maximum atomic E-state index is 12.7. The lowest BCUT2D eigenvalue weighted by molar-refractivity contribution is -0.148. The highest BCUT2D eigenvalue weighted by atomic mass is 31.2. The minimum Gasteiger partial charge on any atom is -0.432 e. The van der Waals surface area contributed by atoms with Crippen molar-refractivity contribution in [1.29, 1.82) is 0 Å². The van der Waals surface area contributed by atoms with Gasteiger partial charge in [-0.3, -0.25) is 13.9 Å². The van der Waals surface area contributed by atoms with Crippen LogP contribution in [-0.4, -0.2) is 49.4 Å². The number of nitrogens with zero attached hydrogens (tertiary/aromatic N) is 4. The first-order chi connectivity index (χ1) is 15.0. The topological polar surface area (TPSA) is 176 Å². The molecule has 12 nitrogen and oxygen atoms in total. The fourth-order valence-electron chi connectivity index (χ4n) is 3.36. The smallest absolute Gasteiger partial charge is 0.381 e. The molecule has 0 aromatic carbocycles. The van der Waals surface area contributed by atoms with Gasteiger partial charge >= 0.3 is 26.2 Å². The summed E-state index contributed by atoms with van der Waals surface area (Å²) in [5.74, 6) is -1.24. The molecule has 0 aliphatic carbocycles. The molecule has 0 saturated heterocycles. The highest BCUT2D eigenvalue weighted by molar-refractivity contribution is 7.72. The predicted molar refractivity (Wildman–Crippen MR) is 111 cm³/mol. The first kappa shape index (κ1) is 22.3. The van der Waals surface area contributed by atoms with Gasteiger partial charge in [0.2, 0.25) is 0 Å². The number of imidazole rings is 2. The third kappa shape index (κ3) is 3.88. The molecule has 0 unspecified atom stereocenters. The van der Waals surface area contributed by atoms with E-state index in [2.05, 4.69) is 9.97 Å². The van der Waals surface area contributed by atoms with E-state index in [1.165, 1.54) is 23.0 Å². The van der Waals surface area contributed by atoms with Crippen molar-refractivity contribution >= 4 is 32.5 Å². The van der Waals surface area contributed by atoms with Crippen molar-refractivity contribution in [1.82, 2.24) is 18.8 Å². The maximum absolute atomic E-state index is 12.7. The van der Waals surface area contributed by atoms with Crippen molar-refractivity contribution in [2.75, 3.05) is 0 Å². The number of ether oxygens (including phenoxy) is 1. The van der Waals surface area contributed by atoms with Crippen LogP contribution in [-0.2, 0) is 31.5 Å². The molecule has 0 radical (unpaired) electrons. The highest BCUT2D eigenvalue weighted by Crippen LogP contribution is 2.70. The number of fused-ring (bicyclic) bond motifs is 2. The summed E-state index contributed by atoms with van der Waals surface area (Å²) < 4.78 is 32.7. The van der Waals surface area contributed by atoms with Crippen LogP contribution < -0.4 is 0 Å². The van der Waals surface area contributed by atoms with E-state index in [1.807, 2.05) is 0 Å². The van der Waals surface area contributed by atoms with E-state index >= 15 is 0 Å². The third-order valence-corrected chi connectivity index (χ3v) is 8.79. The molecule has 4 N–H and O–H groups in total. The second-order valence-corrected chi connectivity index (χ2v) is 11.0. The van der Waals surface area contributed by atoms with Gasteiger partial charge in [0.25, 0.3) is 0 Å². The zero-order chi connectivity index (χ0) is 23.1. The third-order valence-electron chi connectivity index (χ3n) is 4.91. The Morgan fingerprint density at radius 2 is 1.38 bits per heavy atom. The van der Waals surface area contributed by atoms with Crippen LogP contribution in [0.15, 0.2) is 61.2 Å². The molecule has 4 heterocycles. The maximum Gasteiger partial charge on any atom is 0.381 e. The van der Waals surface area contributed by atoms with Crippen LogP contribution in [0, 0.1) is 0 Å². The van der Waals surface area contributed by atoms with Crippen LogP contribution in [0.2, 0.25) is 0 Å². The molecule has 0 fully saturated rings. The lowest BCUT2D eigenvalue weighted by Gasteiger charge is -2.33. The molecular weight excluding hydrogens is 462 g/mol. The van der Waals surface area contributed by atoms with Crippen molar-refractivity contribution in [3.05, 3.63) is 72.6 Å². The molecule has 0 aliphatic rings. The van der Waals surface area contributed by atoms with Crippen LogP contribution >= 0.6 is 15.2 Å². The molecule has 0 aliphatic heterocycles. The van der Waals surface area contributed by atoms with Gasteiger partial charge in [-0.1, -0.05) is 12.1 Å². The Labute approximate surface area is 180 Å². The Hall–Kier alpha value is -2.85. The molecule has 0 amide bonds. The van der Waals surface area contributed by atoms with Gasteiger partial charge in [-0.15, -0.1) is 0 Å². The molecule has 0 saturated carbocycles. The van der Waals surface area contributed by atoms with E-state index in [1.54, 1.807) is 47.0 Å². The predicted octanol–water partition coefficient (Wildman–Crippen LogP) is 1.32. The van der Waals surface area contributed by atoms with Crippen molar-refractivity contribution < 1.29 is 38.2 Å². The van der Waals surface area contributed by atoms with Crippen LogP contribution in [0.4, 0.5) is 0 Å². The Morgan fingerprint density at radius 3 is 1.91 bits per heavy atom. The second kappa shape index (κ2) is 7.93. The molecule has 4 aromatic heterocycles. The minimum atomic E-state index is -5.71. The van der Waals surface area contributed by atoms with Gasteiger partial charge in [-0.05, 0) is 24.3 Å². The largest absolute Gasteiger partial charge is 0.432 e. The summed E-state index contributed by atoms with van der Waals surface area (Å²) in [6.45, 7) is 0. The van der Waals surface area contributed by atoms with E-state index in [9.17, 15) is 33.5 Å². The molecule has 32 heavy (non-hydrogen) atoms. The van der Waals surface area contributed by atoms with Crippen LogP contribution in [0.25, 0.3) is 11.3 Å². The minimum absolute atomic E-state index is 0.0369. The number of carbonyl (C=O) groups is 1. The van der Waals surface area contributed by atoms with Crippen LogP contribution in [0.3, 0.4) is 0 Å². The van der Waals surface area contributed by atoms with Crippen molar-refractivity contribution in [2.45, 2.75) is 17.9 Å². The number of hydrogen-bond acceptors (Lipinski definition) is 6. The standard InChI is InChI=1S/C18H18N4O8P2/c23-17(9-13-11-19-15-5-1-3-7-21(13)15)30-18(31(24,25)26,32(27,28)29)10-14-12-20-16-6-2-4-8-22(14)16/h1-8,11-12H,9-10H2,(H2,24,25,26)(H2,27,28,29). The number of rotatable bonds is 7. The van der Waals surface area contributed by atoms with Gasteiger partial charge in [0.1, 0.15) is 11.3 Å². The molecule has 14 heteroatoms. The van der Waals surface area contributed by atoms with Gasteiger partial charge in [0.15, 0.2) is 0 Å².